The van der Waals surface area contributed by atoms with Crippen molar-refractivity contribution in [1.82, 2.24) is 9.78 Å². The monoisotopic (exact) mass is 277 g/mol. The van der Waals surface area contributed by atoms with Gasteiger partial charge in [-0.3, -0.25) is 4.79 Å². The molecule has 0 amide bonds. The lowest BCUT2D eigenvalue weighted by Crippen LogP contribution is -2.27. The van der Waals surface area contributed by atoms with Crippen LogP contribution in [0.25, 0.3) is 0 Å². The summed E-state index contributed by atoms with van der Waals surface area (Å²) in [6.45, 7) is 0.0914. The topological polar surface area (TPSA) is 67.2 Å². The number of rotatable bonds is 6. The number of halogens is 1. The lowest BCUT2D eigenvalue weighted by Gasteiger charge is -2.18. The van der Waals surface area contributed by atoms with Crippen LogP contribution in [-0.2, 0) is 7.05 Å². The van der Waals surface area contributed by atoms with Crippen molar-refractivity contribution < 1.29 is 5.11 Å². The molecule has 0 aliphatic rings. The molecule has 0 bridgehead atoms. The van der Waals surface area contributed by atoms with Gasteiger partial charge in [0.25, 0.3) is 5.56 Å². The smallest absolute Gasteiger partial charge is 0.287 e. The molecule has 1 aromatic rings. The van der Waals surface area contributed by atoms with Gasteiger partial charge in [-0.05, 0) is 12.7 Å². The van der Waals surface area contributed by atoms with E-state index in [1.54, 1.807) is 18.8 Å². The van der Waals surface area contributed by atoms with Gasteiger partial charge in [0.05, 0.1) is 11.9 Å². The second-order valence-electron chi connectivity index (χ2n) is 3.61. The predicted octanol–water partition coefficient (Wildman–Crippen LogP) is 0.960. The van der Waals surface area contributed by atoms with Crippen LogP contribution in [0.5, 0.6) is 0 Å². The Balaban J connectivity index is 2.86. The summed E-state index contributed by atoms with van der Waals surface area (Å²) < 4.78 is 1.18. The molecule has 17 heavy (non-hydrogen) atoms. The van der Waals surface area contributed by atoms with Crippen molar-refractivity contribution in [2.24, 2.45) is 7.05 Å². The van der Waals surface area contributed by atoms with E-state index in [0.717, 1.165) is 5.75 Å². The second kappa shape index (κ2) is 6.88. The molecule has 0 fully saturated rings. The minimum absolute atomic E-state index is 0.0707. The van der Waals surface area contributed by atoms with Gasteiger partial charge in [0.2, 0.25) is 0 Å². The van der Waals surface area contributed by atoms with Crippen LogP contribution in [-0.4, -0.2) is 39.5 Å². The Kier molecular flexibility index (Phi) is 5.80. The summed E-state index contributed by atoms with van der Waals surface area (Å²) in [7, 11) is 1.55. The molecule has 0 aliphatic carbocycles. The van der Waals surface area contributed by atoms with Crippen LogP contribution in [0, 0.1) is 0 Å². The van der Waals surface area contributed by atoms with E-state index in [-0.39, 0.29) is 23.2 Å². The van der Waals surface area contributed by atoms with Crippen LogP contribution in [0.3, 0.4) is 0 Å². The number of aliphatic hydroxyl groups excluding tert-OH is 1. The van der Waals surface area contributed by atoms with Crippen molar-refractivity contribution >= 4 is 29.1 Å². The van der Waals surface area contributed by atoms with E-state index in [0.29, 0.717) is 12.1 Å². The highest BCUT2D eigenvalue weighted by atomic mass is 35.5. The van der Waals surface area contributed by atoms with Crippen molar-refractivity contribution in [3.63, 3.8) is 0 Å². The van der Waals surface area contributed by atoms with Crippen molar-refractivity contribution in [3.05, 3.63) is 21.6 Å². The van der Waals surface area contributed by atoms with Crippen LogP contribution < -0.4 is 10.9 Å². The van der Waals surface area contributed by atoms with Gasteiger partial charge >= 0.3 is 0 Å². The third-order valence-electron chi connectivity index (χ3n) is 2.28. The lowest BCUT2D eigenvalue weighted by molar-refractivity contribution is 0.282. The Bertz CT molecular complexity index is 419. The van der Waals surface area contributed by atoms with Gasteiger partial charge < -0.3 is 10.4 Å². The van der Waals surface area contributed by atoms with Crippen molar-refractivity contribution in [1.29, 1.82) is 0 Å². The maximum absolute atomic E-state index is 11.6. The number of hydrogen-bond acceptors (Lipinski definition) is 5. The first-order valence-electron chi connectivity index (χ1n) is 5.18. The highest BCUT2D eigenvalue weighted by molar-refractivity contribution is 7.98. The highest BCUT2D eigenvalue weighted by Gasteiger charge is 2.12. The van der Waals surface area contributed by atoms with E-state index in [1.807, 2.05) is 6.26 Å². The van der Waals surface area contributed by atoms with E-state index in [9.17, 15) is 4.79 Å². The fourth-order valence-electron chi connectivity index (χ4n) is 1.39. The molecule has 1 rings (SSSR count). The van der Waals surface area contributed by atoms with Crippen molar-refractivity contribution in [3.8, 4) is 0 Å². The Morgan fingerprint density at radius 2 is 2.41 bits per heavy atom. The summed E-state index contributed by atoms with van der Waals surface area (Å²) in [5, 5.41) is 16.1. The third kappa shape index (κ3) is 3.90. The van der Waals surface area contributed by atoms with Crippen LogP contribution in [0.1, 0.15) is 6.42 Å². The molecule has 1 heterocycles. The van der Waals surface area contributed by atoms with Gasteiger partial charge in [0.1, 0.15) is 5.02 Å². The van der Waals surface area contributed by atoms with Gasteiger partial charge in [-0.25, -0.2) is 4.68 Å². The number of thioether (sulfide) groups is 1. The Hall–Kier alpha value is -0.720. The molecule has 0 aromatic carbocycles. The zero-order valence-corrected chi connectivity index (χ0v) is 11.4. The fourth-order valence-corrected chi connectivity index (χ4v) is 2.26. The minimum Gasteiger partial charge on any atom is -0.396 e. The van der Waals surface area contributed by atoms with Crippen LogP contribution in [0.15, 0.2) is 11.0 Å². The molecular formula is C10H16ClN3O2S. The van der Waals surface area contributed by atoms with Gasteiger partial charge in [0, 0.05) is 25.4 Å². The molecule has 0 aliphatic heterocycles. The Morgan fingerprint density at radius 3 is 3.00 bits per heavy atom. The summed E-state index contributed by atoms with van der Waals surface area (Å²) >= 11 is 7.60. The SMILES string of the molecule is CSCC(CCO)Nc1cnn(C)c(=O)c1Cl. The Labute approximate surface area is 109 Å². The number of aryl methyl sites for hydroxylation is 1. The summed E-state index contributed by atoms with van der Waals surface area (Å²) in [4.78, 5) is 11.6. The molecule has 0 radical (unpaired) electrons. The van der Waals surface area contributed by atoms with E-state index < -0.39 is 0 Å². The van der Waals surface area contributed by atoms with E-state index in [2.05, 4.69) is 10.4 Å². The maximum atomic E-state index is 11.6. The normalized spacial score (nSPS) is 12.5. The fraction of sp³-hybridized carbons (Fsp3) is 0.600. The predicted molar refractivity (Wildman–Crippen MR) is 72.0 cm³/mol. The number of aliphatic hydroxyl groups is 1. The van der Waals surface area contributed by atoms with Gasteiger partial charge in [0.15, 0.2) is 0 Å². The van der Waals surface area contributed by atoms with E-state index in [1.165, 1.54) is 10.9 Å². The first kappa shape index (κ1) is 14.3. The molecule has 1 aromatic heterocycles. The first-order chi connectivity index (χ1) is 8.10. The summed E-state index contributed by atoms with van der Waals surface area (Å²) in [5.41, 5.74) is 0.186. The molecule has 2 N–H and O–H groups in total. The van der Waals surface area contributed by atoms with Crippen LogP contribution in [0.2, 0.25) is 5.02 Å². The molecule has 96 valence electrons. The molecule has 5 nitrogen and oxygen atoms in total. The van der Waals surface area contributed by atoms with Crippen LogP contribution in [0.4, 0.5) is 5.69 Å². The molecule has 0 spiro atoms. The van der Waals surface area contributed by atoms with Gasteiger partial charge in [-0.1, -0.05) is 11.6 Å². The number of aromatic nitrogens is 2. The molecule has 1 unspecified atom stereocenters. The number of nitrogens with one attached hydrogen (secondary N) is 1. The highest BCUT2D eigenvalue weighted by Crippen LogP contribution is 2.18. The van der Waals surface area contributed by atoms with Gasteiger partial charge in [-0.2, -0.15) is 16.9 Å². The number of nitrogens with zero attached hydrogens (tertiary/aromatic N) is 2. The largest absolute Gasteiger partial charge is 0.396 e. The van der Waals surface area contributed by atoms with Crippen molar-refractivity contribution in [2.45, 2.75) is 12.5 Å². The first-order valence-corrected chi connectivity index (χ1v) is 6.95. The van der Waals surface area contributed by atoms with Gasteiger partial charge in [-0.15, -0.1) is 0 Å². The average molecular weight is 278 g/mol. The quantitative estimate of drug-likeness (QED) is 0.811. The number of anilines is 1. The maximum Gasteiger partial charge on any atom is 0.287 e. The number of hydrogen-bond donors (Lipinski definition) is 2. The molecule has 0 saturated heterocycles. The van der Waals surface area contributed by atoms with E-state index >= 15 is 0 Å². The molecular weight excluding hydrogens is 262 g/mol. The molecule has 0 saturated carbocycles. The standard InChI is InChI=1S/C10H16ClN3O2S/c1-14-10(16)9(11)8(5-12-14)13-7(3-4-15)6-17-2/h5,7,13,15H,3-4,6H2,1-2H3. The zero-order chi connectivity index (χ0) is 12.8. The lowest BCUT2D eigenvalue weighted by atomic mass is 10.2. The molecule has 7 heteroatoms. The van der Waals surface area contributed by atoms with Crippen LogP contribution >= 0.6 is 23.4 Å². The molecule has 1 atom stereocenters. The summed E-state index contributed by atoms with van der Waals surface area (Å²) in [6, 6.07) is 0.0707. The summed E-state index contributed by atoms with van der Waals surface area (Å²) in [5.74, 6) is 0.825. The third-order valence-corrected chi connectivity index (χ3v) is 3.38. The van der Waals surface area contributed by atoms with Crippen molar-refractivity contribution in [2.75, 3.05) is 23.9 Å². The second-order valence-corrected chi connectivity index (χ2v) is 4.90. The Morgan fingerprint density at radius 1 is 1.71 bits per heavy atom. The average Bonchev–Trinajstić information content (AvgIpc) is 2.30. The minimum atomic E-state index is -0.330. The zero-order valence-electron chi connectivity index (χ0n) is 9.81. The van der Waals surface area contributed by atoms with E-state index in [4.69, 9.17) is 16.7 Å². The summed E-state index contributed by atoms with van der Waals surface area (Å²) in [6.07, 6.45) is 4.11.